The van der Waals surface area contributed by atoms with Gasteiger partial charge in [-0.25, -0.2) is 0 Å². The average Bonchev–Trinajstić information content (AvgIpc) is 2.63. The van der Waals surface area contributed by atoms with Crippen LogP contribution in [0.2, 0.25) is 0 Å². The maximum Gasteiger partial charge on any atom is -0.0118 e. The van der Waals surface area contributed by atoms with E-state index in [-0.39, 0.29) is 0 Å². The van der Waals surface area contributed by atoms with E-state index in [2.05, 4.69) is 54.5 Å². The first-order chi connectivity index (χ1) is 13.5. The zero-order valence-electron chi connectivity index (χ0n) is 20.6. The summed E-state index contributed by atoms with van der Waals surface area (Å²) in [6.07, 6.45) is 17.5. The highest BCUT2D eigenvalue weighted by Crippen LogP contribution is 2.71. The van der Waals surface area contributed by atoms with E-state index in [9.17, 15) is 0 Å². The second-order valence-electron chi connectivity index (χ2n) is 14.0. The van der Waals surface area contributed by atoms with Crippen molar-refractivity contribution in [1.82, 2.24) is 0 Å². The Balaban J connectivity index is 1.54. The van der Waals surface area contributed by atoms with Crippen LogP contribution in [0.1, 0.15) is 113 Å². The number of fused-ring (bicyclic) bond motifs is 7. The molecule has 4 saturated carbocycles. The molecule has 0 aromatic carbocycles. The molecule has 0 heterocycles. The fourth-order valence-corrected chi connectivity index (χ4v) is 10.7. The van der Waals surface area contributed by atoms with Crippen LogP contribution >= 0.6 is 0 Å². The first kappa shape index (κ1) is 20.6. The maximum atomic E-state index is 2.85. The summed E-state index contributed by atoms with van der Waals surface area (Å²) in [4.78, 5) is 0. The molecule has 0 heteroatoms. The normalized spacial score (nSPS) is 56.3. The Labute approximate surface area is 181 Å². The predicted octanol–water partition coefficient (Wildman–Crippen LogP) is 8.66. The fraction of sp³-hybridized carbons (Fsp3) is 0.931. The van der Waals surface area contributed by atoms with Gasteiger partial charge in [0.15, 0.2) is 0 Å². The molecule has 0 aromatic heterocycles. The summed E-state index contributed by atoms with van der Waals surface area (Å²) < 4.78 is 0. The second-order valence-corrected chi connectivity index (χ2v) is 14.0. The number of rotatable bonds is 0. The minimum Gasteiger partial charge on any atom is -0.0844 e. The summed E-state index contributed by atoms with van der Waals surface area (Å²) in [6.45, 7) is 18.5. The third-order valence-electron chi connectivity index (χ3n) is 12.3. The van der Waals surface area contributed by atoms with Crippen LogP contribution < -0.4 is 0 Å². The van der Waals surface area contributed by atoms with Gasteiger partial charge >= 0.3 is 0 Å². The number of hydrogen-bond donors (Lipinski definition) is 0. The van der Waals surface area contributed by atoms with E-state index in [0.29, 0.717) is 21.7 Å². The molecule has 4 unspecified atom stereocenters. The Morgan fingerprint density at radius 1 is 0.759 bits per heavy atom. The Hall–Kier alpha value is -0.260. The average molecular weight is 397 g/mol. The van der Waals surface area contributed by atoms with Crippen molar-refractivity contribution in [2.24, 2.45) is 57.2 Å². The molecule has 9 atom stereocenters. The van der Waals surface area contributed by atoms with Crippen molar-refractivity contribution in [2.75, 3.05) is 0 Å². The molecule has 0 spiro atoms. The van der Waals surface area contributed by atoms with Gasteiger partial charge in [0.1, 0.15) is 0 Å². The zero-order valence-corrected chi connectivity index (χ0v) is 20.6. The van der Waals surface area contributed by atoms with Crippen LogP contribution in [0.25, 0.3) is 0 Å². The van der Waals surface area contributed by atoms with Gasteiger partial charge in [0, 0.05) is 0 Å². The first-order valence-corrected chi connectivity index (χ1v) is 13.2. The van der Waals surface area contributed by atoms with Crippen molar-refractivity contribution >= 4 is 0 Å². The van der Waals surface area contributed by atoms with Gasteiger partial charge < -0.3 is 0 Å². The van der Waals surface area contributed by atoms with Gasteiger partial charge in [-0.15, -0.1) is 0 Å². The molecule has 164 valence electrons. The molecular formula is C29H48. The highest BCUT2D eigenvalue weighted by atomic mass is 14.7. The van der Waals surface area contributed by atoms with Crippen molar-refractivity contribution in [1.29, 1.82) is 0 Å². The summed E-state index contributed by atoms with van der Waals surface area (Å²) in [5.41, 5.74) is 4.23. The number of allylic oxidation sites excluding steroid dienone is 2. The largest absolute Gasteiger partial charge is 0.0844 e. The van der Waals surface area contributed by atoms with Crippen LogP contribution in [-0.2, 0) is 0 Å². The minimum atomic E-state index is 0.552. The van der Waals surface area contributed by atoms with Gasteiger partial charge in [-0.1, -0.05) is 66.5 Å². The van der Waals surface area contributed by atoms with E-state index < -0.39 is 0 Å². The van der Waals surface area contributed by atoms with Crippen LogP contribution in [0.5, 0.6) is 0 Å². The van der Waals surface area contributed by atoms with Crippen LogP contribution in [-0.4, -0.2) is 0 Å². The summed E-state index contributed by atoms with van der Waals surface area (Å²) in [5, 5.41) is 0. The smallest absolute Gasteiger partial charge is 0.0118 e. The van der Waals surface area contributed by atoms with Crippen molar-refractivity contribution in [3.8, 4) is 0 Å². The van der Waals surface area contributed by atoms with Gasteiger partial charge in [0.25, 0.3) is 0 Å². The molecular weight excluding hydrogens is 348 g/mol. The molecule has 0 N–H and O–H groups in total. The fourth-order valence-electron chi connectivity index (χ4n) is 10.7. The second kappa shape index (κ2) is 6.38. The zero-order chi connectivity index (χ0) is 20.8. The van der Waals surface area contributed by atoms with E-state index in [0.717, 1.165) is 35.5 Å². The van der Waals surface area contributed by atoms with Crippen LogP contribution in [0.15, 0.2) is 11.6 Å². The predicted molar refractivity (Wildman–Crippen MR) is 125 cm³/mol. The Kier molecular flexibility index (Phi) is 4.54. The quantitative estimate of drug-likeness (QED) is 0.359. The molecule has 5 aliphatic rings. The molecule has 29 heavy (non-hydrogen) atoms. The Bertz CT molecular complexity index is 699. The van der Waals surface area contributed by atoms with Gasteiger partial charge in [-0.3, -0.25) is 0 Å². The summed E-state index contributed by atoms with van der Waals surface area (Å²) in [7, 11) is 0. The van der Waals surface area contributed by atoms with E-state index in [1.54, 1.807) is 0 Å². The van der Waals surface area contributed by atoms with E-state index in [1.165, 1.54) is 64.2 Å². The monoisotopic (exact) mass is 396 g/mol. The molecule has 0 saturated heterocycles. The molecule has 0 aliphatic heterocycles. The van der Waals surface area contributed by atoms with E-state index in [1.807, 2.05) is 5.57 Å². The summed E-state index contributed by atoms with van der Waals surface area (Å²) >= 11 is 0. The van der Waals surface area contributed by atoms with Gasteiger partial charge in [-0.05, 0) is 115 Å². The van der Waals surface area contributed by atoms with E-state index >= 15 is 0 Å². The molecule has 0 radical (unpaired) electrons. The molecule has 0 amide bonds. The minimum absolute atomic E-state index is 0.552. The number of hydrogen-bond acceptors (Lipinski definition) is 0. The summed E-state index contributed by atoms with van der Waals surface area (Å²) in [6, 6.07) is 0. The van der Waals surface area contributed by atoms with Crippen LogP contribution in [0.3, 0.4) is 0 Å². The highest BCUT2D eigenvalue weighted by Gasteiger charge is 2.63. The molecule has 0 aromatic rings. The first-order valence-electron chi connectivity index (χ1n) is 13.2. The Morgan fingerprint density at radius 3 is 2.24 bits per heavy atom. The molecule has 0 nitrogen and oxygen atoms in total. The maximum absolute atomic E-state index is 2.85. The molecule has 5 aliphatic carbocycles. The van der Waals surface area contributed by atoms with Crippen molar-refractivity contribution in [3.05, 3.63) is 11.6 Å². The molecule has 0 bridgehead atoms. The van der Waals surface area contributed by atoms with Crippen LogP contribution in [0, 0.1) is 57.2 Å². The highest BCUT2D eigenvalue weighted by molar-refractivity contribution is 5.29. The van der Waals surface area contributed by atoms with E-state index in [4.69, 9.17) is 0 Å². The van der Waals surface area contributed by atoms with Crippen molar-refractivity contribution < 1.29 is 0 Å². The topological polar surface area (TPSA) is 0 Å². The lowest BCUT2D eigenvalue weighted by Crippen LogP contribution is -2.59. The third-order valence-corrected chi connectivity index (χ3v) is 12.3. The standard InChI is InChI=1S/C29H48/c1-19-11-16-27(5)17-12-22-21(25(27)20(19)2)9-10-24-28(22,6)18-13-23-26(3,4)14-8-15-29(23,24)7/h9,19-20,22-25H,8,10-18H2,1-7H3/t19-,20+,22?,23?,24?,25?,27+,28+,29+/m1/s1. The lowest BCUT2D eigenvalue weighted by atomic mass is 9.37. The lowest BCUT2D eigenvalue weighted by molar-refractivity contribution is -0.155. The van der Waals surface area contributed by atoms with Crippen LogP contribution in [0.4, 0.5) is 0 Å². The van der Waals surface area contributed by atoms with Crippen molar-refractivity contribution in [2.45, 2.75) is 113 Å². The third kappa shape index (κ3) is 2.68. The van der Waals surface area contributed by atoms with Gasteiger partial charge in [0.05, 0.1) is 0 Å². The van der Waals surface area contributed by atoms with Gasteiger partial charge in [-0.2, -0.15) is 0 Å². The Morgan fingerprint density at radius 2 is 1.48 bits per heavy atom. The summed E-state index contributed by atoms with van der Waals surface area (Å²) in [5.74, 6) is 5.40. The molecule has 4 fully saturated rings. The van der Waals surface area contributed by atoms with Crippen molar-refractivity contribution in [3.63, 3.8) is 0 Å². The van der Waals surface area contributed by atoms with Gasteiger partial charge in [0.2, 0.25) is 0 Å². The lowest BCUT2D eigenvalue weighted by Gasteiger charge is -2.68. The molecule has 5 rings (SSSR count). The SMILES string of the molecule is C[C@@H]1CC[C@@]2(C)CCC3C(=CCC4[C@@]3(C)CCC3C(C)(C)CCC[C@@]34C)C2[C@H]1C.